The van der Waals surface area contributed by atoms with Gasteiger partial charge in [-0.05, 0) is 59.4 Å². The molecule has 0 unspecified atom stereocenters. The lowest BCUT2D eigenvalue weighted by Gasteiger charge is -2.14. The molecule has 34 heavy (non-hydrogen) atoms. The van der Waals surface area contributed by atoms with E-state index in [1.807, 2.05) is 55.5 Å². The molecule has 0 bridgehead atoms. The van der Waals surface area contributed by atoms with Crippen molar-refractivity contribution in [2.24, 2.45) is 5.16 Å². The van der Waals surface area contributed by atoms with E-state index in [0.29, 0.717) is 18.1 Å². The zero-order valence-corrected chi connectivity index (χ0v) is 19.7. The van der Waals surface area contributed by atoms with Crippen LogP contribution in [0.3, 0.4) is 0 Å². The Morgan fingerprint density at radius 2 is 1.76 bits per heavy atom. The van der Waals surface area contributed by atoms with Crippen LogP contribution in [0.4, 0.5) is 0 Å². The molecule has 3 aromatic rings. The van der Waals surface area contributed by atoms with Crippen LogP contribution in [0.15, 0.2) is 78.5 Å². The fraction of sp³-hybridized carbons (Fsp3) is 0.214. The van der Waals surface area contributed by atoms with Crippen molar-refractivity contribution in [2.45, 2.75) is 27.1 Å². The molecule has 0 amide bonds. The van der Waals surface area contributed by atoms with Crippen LogP contribution < -0.4 is 0 Å². The van der Waals surface area contributed by atoms with Gasteiger partial charge in [0.15, 0.2) is 5.76 Å². The summed E-state index contributed by atoms with van der Waals surface area (Å²) in [6.45, 7) is 8.29. The number of carboxylic acid groups (broad SMARTS) is 1. The first kappa shape index (κ1) is 24.9. The van der Waals surface area contributed by atoms with Gasteiger partial charge < -0.3 is 19.4 Å². The summed E-state index contributed by atoms with van der Waals surface area (Å²) in [5.74, 6) is -0.574. The molecule has 0 spiro atoms. The Bertz CT molecular complexity index is 1200. The maximum absolute atomic E-state index is 10.6. The third-order valence-corrected chi connectivity index (χ3v) is 5.29. The van der Waals surface area contributed by atoms with Gasteiger partial charge >= 0.3 is 5.97 Å². The molecular formula is C28H29NO5. The molecule has 0 fully saturated rings. The Morgan fingerprint density at radius 1 is 0.971 bits per heavy atom. The topological polar surface area (TPSA) is 77.4 Å². The fourth-order valence-electron chi connectivity index (χ4n) is 3.55. The van der Waals surface area contributed by atoms with E-state index in [9.17, 15) is 4.79 Å². The SMILES string of the molecule is C=C(O/N=C(\C)c1cccc(COCC(=O)O)c1)c1ccc(-c2ccccc2C)c(COC)c1. The normalized spacial score (nSPS) is 11.3. The maximum Gasteiger partial charge on any atom is 0.329 e. The second-order valence-corrected chi connectivity index (χ2v) is 7.90. The van der Waals surface area contributed by atoms with Crippen LogP contribution in [0, 0.1) is 6.92 Å². The zero-order valence-electron chi connectivity index (χ0n) is 19.7. The van der Waals surface area contributed by atoms with Gasteiger partial charge in [0.05, 0.1) is 18.9 Å². The molecule has 0 radical (unpaired) electrons. The average Bonchev–Trinajstić information content (AvgIpc) is 2.83. The van der Waals surface area contributed by atoms with E-state index >= 15 is 0 Å². The van der Waals surface area contributed by atoms with Gasteiger partial charge in [-0.3, -0.25) is 0 Å². The first-order valence-corrected chi connectivity index (χ1v) is 10.9. The number of methoxy groups -OCH3 is 1. The average molecular weight is 460 g/mol. The summed E-state index contributed by atoms with van der Waals surface area (Å²) in [6, 6.07) is 21.8. The van der Waals surface area contributed by atoms with Crippen molar-refractivity contribution >= 4 is 17.4 Å². The van der Waals surface area contributed by atoms with Crippen molar-refractivity contribution < 1.29 is 24.2 Å². The van der Waals surface area contributed by atoms with Crippen molar-refractivity contribution in [2.75, 3.05) is 13.7 Å². The summed E-state index contributed by atoms with van der Waals surface area (Å²) in [5.41, 5.74) is 7.67. The Balaban J connectivity index is 1.74. The zero-order chi connectivity index (χ0) is 24.5. The third kappa shape index (κ3) is 6.63. The van der Waals surface area contributed by atoms with Gasteiger partial charge in [-0.1, -0.05) is 66.3 Å². The molecule has 6 nitrogen and oxygen atoms in total. The molecule has 3 rings (SSSR count). The van der Waals surface area contributed by atoms with Gasteiger partial charge in [-0.15, -0.1) is 0 Å². The number of oxime groups is 1. The predicted molar refractivity (Wildman–Crippen MR) is 133 cm³/mol. The Kier molecular flexibility index (Phi) is 8.73. The van der Waals surface area contributed by atoms with Crippen LogP contribution in [0.25, 0.3) is 16.9 Å². The van der Waals surface area contributed by atoms with Gasteiger partial charge in [0.25, 0.3) is 0 Å². The minimum Gasteiger partial charge on any atom is -0.480 e. The smallest absolute Gasteiger partial charge is 0.329 e. The van der Waals surface area contributed by atoms with Gasteiger partial charge in [-0.2, -0.15) is 0 Å². The number of hydrogen-bond donors (Lipinski definition) is 1. The van der Waals surface area contributed by atoms with Crippen molar-refractivity contribution in [1.29, 1.82) is 0 Å². The van der Waals surface area contributed by atoms with E-state index in [-0.39, 0.29) is 13.2 Å². The Hall–Kier alpha value is -3.74. The van der Waals surface area contributed by atoms with E-state index in [4.69, 9.17) is 19.4 Å². The molecule has 0 heterocycles. The molecule has 0 aromatic heterocycles. The van der Waals surface area contributed by atoms with Crippen LogP contribution in [0.2, 0.25) is 0 Å². The Morgan fingerprint density at radius 3 is 2.50 bits per heavy atom. The first-order chi connectivity index (χ1) is 16.4. The molecule has 176 valence electrons. The first-order valence-electron chi connectivity index (χ1n) is 10.9. The molecule has 0 saturated carbocycles. The van der Waals surface area contributed by atoms with Crippen molar-refractivity contribution in [1.82, 2.24) is 0 Å². The van der Waals surface area contributed by atoms with Gasteiger partial charge in [0, 0.05) is 12.7 Å². The number of nitrogens with zero attached hydrogens (tertiary/aromatic N) is 1. The fourth-order valence-corrected chi connectivity index (χ4v) is 3.55. The summed E-state index contributed by atoms with van der Waals surface area (Å²) in [4.78, 5) is 16.3. The summed E-state index contributed by atoms with van der Waals surface area (Å²) in [5, 5.41) is 12.9. The number of hydrogen-bond acceptors (Lipinski definition) is 5. The van der Waals surface area contributed by atoms with E-state index in [2.05, 4.69) is 36.9 Å². The molecule has 0 aliphatic rings. The maximum atomic E-state index is 10.6. The number of aryl methyl sites for hydroxylation is 1. The largest absolute Gasteiger partial charge is 0.480 e. The molecular weight excluding hydrogens is 430 g/mol. The molecule has 6 heteroatoms. The predicted octanol–water partition coefficient (Wildman–Crippen LogP) is 5.82. The second kappa shape index (κ2) is 11.9. The summed E-state index contributed by atoms with van der Waals surface area (Å²) >= 11 is 0. The lowest BCUT2D eigenvalue weighted by molar-refractivity contribution is -0.142. The summed E-state index contributed by atoms with van der Waals surface area (Å²) in [7, 11) is 1.67. The van der Waals surface area contributed by atoms with Gasteiger partial charge in [-0.25, -0.2) is 4.79 Å². The lowest BCUT2D eigenvalue weighted by atomic mass is 9.94. The van der Waals surface area contributed by atoms with E-state index < -0.39 is 5.97 Å². The molecule has 3 aromatic carbocycles. The second-order valence-electron chi connectivity index (χ2n) is 7.90. The summed E-state index contributed by atoms with van der Waals surface area (Å²) in [6.07, 6.45) is 0. The van der Waals surface area contributed by atoms with E-state index in [0.717, 1.165) is 33.4 Å². The monoisotopic (exact) mass is 459 g/mol. The van der Waals surface area contributed by atoms with Gasteiger partial charge in [0.1, 0.15) is 6.61 Å². The molecule has 0 aliphatic carbocycles. The highest BCUT2D eigenvalue weighted by Crippen LogP contribution is 2.30. The minimum absolute atomic E-state index is 0.205. The lowest BCUT2D eigenvalue weighted by Crippen LogP contribution is -2.07. The van der Waals surface area contributed by atoms with Crippen LogP contribution in [-0.4, -0.2) is 30.5 Å². The van der Waals surface area contributed by atoms with Crippen molar-refractivity contribution in [3.8, 4) is 11.1 Å². The van der Waals surface area contributed by atoms with E-state index in [1.165, 1.54) is 5.56 Å². The third-order valence-electron chi connectivity index (χ3n) is 5.29. The highest BCUT2D eigenvalue weighted by Gasteiger charge is 2.11. The minimum atomic E-state index is -0.999. The van der Waals surface area contributed by atoms with Crippen LogP contribution in [0.1, 0.15) is 34.7 Å². The van der Waals surface area contributed by atoms with Crippen LogP contribution in [-0.2, 0) is 32.3 Å². The molecule has 1 N–H and O–H groups in total. The highest BCUT2D eigenvalue weighted by molar-refractivity contribution is 5.98. The van der Waals surface area contributed by atoms with Crippen molar-refractivity contribution in [3.05, 3.63) is 101 Å². The summed E-state index contributed by atoms with van der Waals surface area (Å²) < 4.78 is 10.6. The van der Waals surface area contributed by atoms with Crippen LogP contribution in [0.5, 0.6) is 0 Å². The number of aliphatic carboxylic acids is 1. The number of ether oxygens (including phenoxy) is 2. The number of carbonyl (C=O) groups is 1. The molecule has 0 atom stereocenters. The number of carboxylic acids is 1. The number of rotatable bonds is 11. The van der Waals surface area contributed by atoms with E-state index in [1.54, 1.807) is 7.11 Å². The van der Waals surface area contributed by atoms with Crippen LogP contribution >= 0.6 is 0 Å². The number of benzene rings is 3. The molecule has 0 aliphatic heterocycles. The molecule has 0 saturated heterocycles. The Labute approximate surface area is 200 Å². The quantitative estimate of drug-likeness (QED) is 0.222. The highest BCUT2D eigenvalue weighted by atomic mass is 16.6. The van der Waals surface area contributed by atoms with Gasteiger partial charge in [0.2, 0.25) is 0 Å². The standard InChI is InChI=1S/C28H29NO5/c1-19-8-5-6-11-26(19)27-13-12-24(15-25(27)17-32-4)21(3)34-29-20(2)23-10-7-9-22(14-23)16-33-18-28(30)31/h5-15H,3,16-18H2,1-2,4H3,(H,30,31)/b29-20+. The van der Waals surface area contributed by atoms with Crippen molar-refractivity contribution in [3.63, 3.8) is 0 Å².